The molecule has 1 rings (SSSR count). The molecule has 0 unspecified atom stereocenters. The second kappa shape index (κ2) is 5.40. The molecule has 1 aromatic rings. The summed E-state index contributed by atoms with van der Waals surface area (Å²) in [6.45, 7) is 2.89. The standard InChI is InChI=1S/C9H11ClN4/c1-2-3-4-12-8-7(5-11)6-13-9(10)14-8/h6H,2-4H2,1H3,(H,12,13,14). The third kappa shape index (κ3) is 2.86. The molecule has 14 heavy (non-hydrogen) atoms. The van der Waals surface area contributed by atoms with Gasteiger partial charge in [0.05, 0.1) is 6.20 Å². The van der Waals surface area contributed by atoms with E-state index in [1.165, 1.54) is 6.20 Å². The number of hydrogen-bond donors (Lipinski definition) is 1. The molecule has 0 fully saturated rings. The molecule has 0 atom stereocenters. The average Bonchev–Trinajstić information content (AvgIpc) is 2.19. The Morgan fingerprint density at radius 3 is 3.07 bits per heavy atom. The summed E-state index contributed by atoms with van der Waals surface area (Å²) < 4.78 is 0. The first-order valence-corrected chi connectivity index (χ1v) is 4.82. The van der Waals surface area contributed by atoms with Crippen molar-refractivity contribution < 1.29 is 0 Å². The van der Waals surface area contributed by atoms with Gasteiger partial charge in [0.25, 0.3) is 0 Å². The van der Waals surface area contributed by atoms with Crippen molar-refractivity contribution in [3.8, 4) is 6.07 Å². The van der Waals surface area contributed by atoms with Crippen molar-refractivity contribution in [3.05, 3.63) is 17.0 Å². The summed E-state index contributed by atoms with van der Waals surface area (Å²) in [6.07, 6.45) is 3.55. The van der Waals surface area contributed by atoms with Crippen LogP contribution in [0.1, 0.15) is 25.3 Å². The Morgan fingerprint density at radius 1 is 1.64 bits per heavy atom. The first kappa shape index (κ1) is 10.7. The third-order valence-corrected chi connectivity index (χ3v) is 1.88. The second-order valence-electron chi connectivity index (χ2n) is 2.79. The Morgan fingerprint density at radius 2 is 2.43 bits per heavy atom. The van der Waals surface area contributed by atoms with Crippen molar-refractivity contribution in [1.29, 1.82) is 5.26 Å². The van der Waals surface area contributed by atoms with Crippen LogP contribution in [0.2, 0.25) is 5.28 Å². The van der Waals surface area contributed by atoms with Gasteiger partial charge in [0.15, 0.2) is 0 Å². The maximum absolute atomic E-state index is 8.75. The highest BCUT2D eigenvalue weighted by Gasteiger charge is 2.04. The number of unbranched alkanes of at least 4 members (excludes halogenated alkanes) is 1. The zero-order chi connectivity index (χ0) is 10.4. The minimum Gasteiger partial charge on any atom is -0.369 e. The molecule has 4 nitrogen and oxygen atoms in total. The van der Waals surface area contributed by atoms with E-state index >= 15 is 0 Å². The first-order chi connectivity index (χ1) is 6.77. The lowest BCUT2D eigenvalue weighted by Crippen LogP contribution is -2.05. The molecule has 0 radical (unpaired) electrons. The molecule has 74 valence electrons. The lowest BCUT2D eigenvalue weighted by atomic mass is 10.3. The van der Waals surface area contributed by atoms with E-state index in [4.69, 9.17) is 16.9 Å². The first-order valence-electron chi connectivity index (χ1n) is 4.44. The molecule has 0 aromatic carbocycles. The highest BCUT2D eigenvalue weighted by Crippen LogP contribution is 2.12. The van der Waals surface area contributed by atoms with Crippen LogP contribution in [0.4, 0.5) is 5.82 Å². The van der Waals surface area contributed by atoms with Gasteiger partial charge in [-0.25, -0.2) is 4.98 Å². The Hall–Kier alpha value is -1.34. The smallest absolute Gasteiger partial charge is 0.224 e. The lowest BCUT2D eigenvalue weighted by molar-refractivity contribution is 0.830. The topological polar surface area (TPSA) is 61.6 Å². The molecule has 0 spiro atoms. The van der Waals surface area contributed by atoms with Gasteiger partial charge in [0, 0.05) is 6.54 Å². The fourth-order valence-corrected chi connectivity index (χ4v) is 1.09. The number of rotatable bonds is 4. The fraction of sp³-hybridized carbons (Fsp3) is 0.444. The SMILES string of the molecule is CCCCNc1nc(Cl)ncc1C#N. The van der Waals surface area contributed by atoms with E-state index in [2.05, 4.69) is 22.2 Å². The highest BCUT2D eigenvalue weighted by molar-refractivity contribution is 6.28. The van der Waals surface area contributed by atoms with Gasteiger partial charge in [0.1, 0.15) is 17.5 Å². The zero-order valence-electron chi connectivity index (χ0n) is 7.92. The van der Waals surface area contributed by atoms with Gasteiger partial charge in [0.2, 0.25) is 5.28 Å². The predicted molar refractivity (Wildman–Crippen MR) is 55.2 cm³/mol. The Labute approximate surface area is 87.9 Å². The van der Waals surface area contributed by atoms with E-state index in [0.717, 1.165) is 19.4 Å². The summed E-state index contributed by atoms with van der Waals surface area (Å²) in [7, 11) is 0. The van der Waals surface area contributed by atoms with Crippen LogP contribution < -0.4 is 5.32 Å². The van der Waals surface area contributed by atoms with Gasteiger partial charge < -0.3 is 5.32 Å². The number of nitriles is 1. The molecule has 0 aliphatic carbocycles. The van der Waals surface area contributed by atoms with Crippen LogP contribution in [0.3, 0.4) is 0 Å². The van der Waals surface area contributed by atoms with Crippen molar-refractivity contribution in [1.82, 2.24) is 9.97 Å². The van der Waals surface area contributed by atoms with Crippen molar-refractivity contribution in [2.75, 3.05) is 11.9 Å². The van der Waals surface area contributed by atoms with Crippen LogP contribution in [0, 0.1) is 11.3 Å². The van der Waals surface area contributed by atoms with Crippen LogP contribution in [0.15, 0.2) is 6.20 Å². The molecule has 0 saturated heterocycles. The van der Waals surface area contributed by atoms with E-state index in [1.807, 2.05) is 6.07 Å². The quantitative estimate of drug-likeness (QED) is 0.612. The molecule has 1 heterocycles. The van der Waals surface area contributed by atoms with Crippen LogP contribution >= 0.6 is 11.6 Å². The number of anilines is 1. The summed E-state index contributed by atoms with van der Waals surface area (Å²) in [5.74, 6) is 0.515. The molecule has 5 heteroatoms. The van der Waals surface area contributed by atoms with Gasteiger partial charge in [-0.1, -0.05) is 13.3 Å². The Balaban J connectivity index is 2.73. The van der Waals surface area contributed by atoms with Crippen LogP contribution in [-0.4, -0.2) is 16.5 Å². The monoisotopic (exact) mass is 210 g/mol. The molecule has 0 aliphatic heterocycles. The average molecular weight is 211 g/mol. The Kier molecular flexibility index (Phi) is 4.14. The van der Waals surface area contributed by atoms with Crippen molar-refractivity contribution >= 4 is 17.4 Å². The van der Waals surface area contributed by atoms with E-state index in [-0.39, 0.29) is 5.28 Å². The maximum atomic E-state index is 8.75. The van der Waals surface area contributed by atoms with Crippen molar-refractivity contribution in [3.63, 3.8) is 0 Å². The number of hydrogen-bond acceptors (Lipinski definition) is 4. The van der Waals surface area contributed by atoms with E-state index in [0.29, 0.717) is 11.4 Å². The third-order valence-electron chi connectivity index (χ3n) is 1.70. The summed E-state index contributed by atoms with van der Waals surface area (Å²) in [5, 5.41) is 12.0. The van der Waals surface area contributed by atoms with Crippen molar-refractivity contribution in [2.45, 2.75) is 19.8 Å². The summed E-state index contributed by atoms with van der Waals surface area (Å²) in [6, 6.07) is 2.00. The number of halogens is 1. The lowest BCUT2D eigenvalue weighted by Gasteiger charge is -2.05. The Bertz CT molecular complexity index is 345. The summed E-state index contributed by atoms with van der Waals surface area (Å²) in [4.78, 5) is 7.67. The molecule has 0 bridgehead atoms. The summed E-state index contributed by atoms with van der Waals surface area (Å²) >= 11 is 5.61. The van der Waals surface area contributed by atoms with Crippen LogP contribution in [0.5, 0.6) is 0 Å². The molecular weight excluding hydrogens is 200 g/mol. The summed E-state index contributed by atoms with van der Waals surface area (Å²) in [5.41, 5.74) is 0.422. The highest BCUT2D eigenvalue weighted by atomic mass is 35.5. The molecular formula is C9H11ClN4. The normalized spacial score (nSPS) is 9.50. The van der Waals surface area contributed by atoms with Gasteiger partial charge in [-0.05, 0) is 18.0 Å². The molecule has 0 amide bonds. The molecule has 0 aliphatic rings. The minimum absolute atomic E-state index is 0.156. The minimum atomic E-state index is 0.156. The van der Waals surface area contributed by atoms with Gasteiger partial charge in [-0.3, -0.25) is 0 Å². The zero-order valence-corrected chi connectivity index (χ0v) is 8.67. The van der Waals surface area contributed by atoms with Gasteiger partial charge in [-0.2, -0.15) is 10.2 Å². The number of nitrogens with one attached hydrogen (secondary N) is 1. The molecule has 1 aromatic heterocycles. The van der Waals surface area contributed by atoms with E-state index < -0.39 is 0 Å². The second-order valence-corrected chi connectivity index (χ2v) is 3.13. The van der Waals surface area contributed by atoms with E-state index in [1.54, 1.807) is 0 Å². The van der Waals surface area contributed by atoms with Gasteiger partial charge >= 0.3 is 0 Å². The van der Waals surface area contributed by atoms with Crippen molar-refractivity contribution in [2.24, 2.45) is 0 Å². The number of nitrogens with zero attached hydrogens (tertiary/aromatic N) is 3. The largest absolute Gasteiger partial charge is 0.369 e. The fourth-order valence-electron chi connectivity index (χ4n) is 0.960. The predicted octanol–water partition coefficient (Wildman–Crippen LogP) is 2.21. The van der Waals surface area contributed by atoms with E-state index in [9.17, 15) is 0 Å². The molecule has 1 N–H and O–H groups in total. The number of aromatic nitrogens is 2. The van der Waals surface area contributed by atoms with Crippen LogP contribution in [0.25, 0.3) is 0 Å². The molecule has 0 saturated carbocycles. The maximum Gasteiger partial charge on any atom is 0.224 e. The van der Waals surface area contributed by atoms with Crippen LogP contribution in [-0.2, 0) is 0 Å². The van der Waals surface area contributed by atoms with Gasteiger partial charge in [-0.15, -0.1) is 0 Å².